The first-order chi connectivity index (χ1) is 11.1. The van der Waals surface area contributed by atoms with Gasteiger partial charge < -0.3 is 0 Å². The van der Waals surface area contributed by atoms with Crippen LogP contribution >= 0.6 is 22.9 Å². The summed E-state index contributed by atoms with van der Waals surface area (Å²) in [5.74, 6) is -0.769. The van der Waals surface area contributed by atoms with Crippen molar-refractivity contribution in [3.8, 4) is 0 Å². The lowest BCUT2D eigenvalue weighted by Crippen LogP contribution is -2.10. The number of hydrogen-bond donors (Lipinski definition) is 1. The van der Waals surface area contributed by atoms with Crippen LogP contribution in [0.1, 0.15) is 15.9 Å². The van der Waals surface area contributed by atoms with Crippen LogP contribution < -0.4 is 5.43 Å². The molecule has 1 heterocycles. The van der Waals surface area contributed by atoms with Crippen molar-refractivity contribution in [2.75, 3.05) is 5.43 Å². The van der Waals surface area contributed by atoms with Gasteiger partial charge >= 0.3 is 0 Å². The predicted molar refractivity (Wildman–Crippen MR) is 90.1 cm³/mol. The summed E-state index contributed by atoms with van der Waals surface area (Å²) in [6.45, 7) is 0. The molecule has 0 saturated heterocycles. The Labute approximate surface area is 139 Å². The summed E-state index contributed by atoms with van der Waals surface area (Å²) in [5.41, 5.74) is 5.01. The Hall–Kier alpha value is -2.31. The van der Waals surface area contributed by atoms with Crippen molar-refractivity contribution in [2.45, 2.75) is 6.42 Å². The number of aromatic nitrogens is 1. The lowest BCUT2D eigenvalue weighted by atomic mass is 10.1. The number of hydrazone groups is 1. The second kappa shape index (κ2) is 5.40. The third-order valence-electron chi connectivity index (χ3n) is 3.59. The molecule has 0 unspecified atom stereocenters. The highest BCUT2D eigenvalue weighted by Gasteiger charge is 2.28. The Kier molecular flexibility index (Phi) is 3.36. The van der Waals surface area contributed by atoms with E-state index >= 15 is 0 Å². The molecule has 7 heteroatoms. The minimum Gasteiger partial charge on any atom is -0.287 e. The van der Waals surface area contributed by atoms with Crippen molar-refractivity contribution in [3.05, 3.63) is 58.4 Å². The first-order valence-electron chi connectivity index (χ1n) is 6.82. The molecule has 0 aliphatic heterocycles. The number of para-hydroxylation sites is 1. The second-order valence-corrected chi connectivity index (χ2v) is 6.52. The maximum Gasteiger partial charge on any atom is 0.209 e. The van der Waals surface area contributed by atoms with Gasteiger partial charge in [0.25, 0.3) is 0 Å². The fourth-order valence-electron chi connectivity index (χ4n) is 2.49. The van der Waals surface area contributed by atoms with E-state index in [1.807, 2.05) is 24.3 Å². The Balaban J connectivity index is 1.61. The van der Waals surface area contributed by atoms with Gasteiger partial charge in [0.1, 0.15) is 11.5 Å². The van der Waals surface area contributed by atoms with Gasteiger partial charge in [-0.3, -0.25) is 10.2 Å². The van der Waals surface area contributed by atoms with E-state index in [1.54, 1.807) is 0 Å². The fraction of sp³-hybridized carbons (Fsp3) is 0.0625. The Morgan fingerprint density at radius 3 is 2.96 bits per heavy atom. The van der Waals surface area contributed by atoms with Crippen molar-refractivity contribution in [1.29, 1.82) is 0 Å². The molecule has 0 amide bonds. The fourth-order valence-corrected chi connectivity index (χ4v) is 3.46. The van der Waals surface area contributed by atoms with E-state index in [0.29, 0.717) is 22.0 Å². The average molecular weight is 346 g/mol. The Morgan fingerprint density at radius 2 is 2.13 bits per heavy atom. The Morgan fingerprint density at radius 1 is 1.30 bits per heavy atom. The zero-order valence-electron chi connectivity index (χ0n) is 11.6. The molecular formula is C16H9ClFN3OS. The number of thiazole rings is 1. The highest BCUT2D eigenvalue weighted by molar-refractivity contribution is 7.22. The van der Waals surface area contributed by atoms with Gasteiger partial charge in [0, 0.05) is 12.0 Å². The monoisotopic (exact) mass is 345 g/mol. The van der Waals surface area contributed by atoms with Gasteiger partial charge in [-0.2, -0.15) is 5.10 Å². The van der Waals surface area contributed by atoms with Crippen LogP contribution in [0.4, 0.5) is 9.52 Å². The van der Waals surface area contributed by atoms with Crippen LogP contribution in [0.3, 0.4) is 0 Å². The van der Waals surface area contributed by atoms with E-state index in [1.165, 1.54) is 23.5 Å². The maximum atomic E-state index is 13.5. The van der Waals surface area contributed by atoms with Crippen molar-refractivity contribution in [3.63, 3.8) is 0 Å². The van der Waals surface area contributed by atoms with Crippen molar-refractivity contribution >= 4 is 49.8 Å². The number of Topliss-reactive ketones (excluding diaryl/α,β-unsaturated/α-hetero) is 1. The van der Waals surface area contributed by atoms with Crippen LogP contribution in [-0.4, -0.2) is 16.5 Å². The van der Waals surface area contributed by atoms with E-state index in [2.05, 4.69) is 15.5 Å². The van der Waals surface area contributed by atoms with E-state index < -0.39 is 5.82 Å². The van der Waals surface area contributed by atoms with E-state index in [4.69, 9.17) is 11.6 Å². The minimum atomic E-state index is -0.529. The molecule has 0 spiro atoms. The summed E-state index contributed by atoms with van der Waals surface area (Å²) in [6, 6.07) is 10.4. The van der Waals surface area contributed by atoms with Gasteiger partial charge in [0.15, 0.2) is 0 Å². The molecule has 1 aliphatic rings. The standard InChI is InChI=1S/C16H9ClFN3OS/c17-10-7-9-8(5-11(10)18)6-13(15(9)22)20-21-16-19-12-3-1-2-4-14(12)23-16/h1-5,7H,6H2,(H,19,21)/b20-13-. The molecule has 3 aromatic rings. The summed E-state index contributed by atoms with van der Waals surface area (Å²) in [5, 5.41) is 4.69. The molecule has 114 valence electrons. The molecule has 2 aromatic carbocycles. The highest BCUT2D eigenvalue weighted by atomic mass is 35.5. The van der Waals surface area contributed by atoms with E-state index in [0.717, 1.165) is 10.2 Å². The van der Waals surface area contributed by atoms with Gasteiger partial charge in [0.2, 0.25) is 10.9 Å². The summed E-state index contributed by atoms with van der Waals surface area (Å²) in [6.07, 6.45) is 0.278. The number of anilines is 1. The molecule has 1 aromatic heterocycles. The molecule has 1 aliphatic carbocycles. The van der Waals surface area contributed by atoms with Crippen molar-refractivity contribution in [1.82, 2.24) is 4.98 Å². The number of rotatable bonds is 2. The number of carbonyl (C=O) groups is 1. The van der Waals surface area contributed by atoms with Crippen LogP contribution in [0, 0.1) is 5.82 Å². The molecule has 1 N–H and O–H groups in total. The van der Waals surface area contributed by atoms with Crippen molar-refractivity contribution in [2.24, 2.45) is 5.10 Å². The highest BCUT2D eigenvalue weighted by Crippen LogP contribution is 2.28. The number of carbonyl (C=O) groups excluding carboxylic acids is 1. The number of nitrogens with zero attached hydrogens (tertiary/aromatic N) is 2. The Bertz CT molecular complexity index is 950. The predicted octanol–water partition coefficient (Wildman–Crippen LogP) is 4.30. The number of hydrogen-bond acceptors (Lipinski definition) is 5. The van der Waals surface area contributed by atoms with Crippen LogP contribution in [0.2, 0.25) is 5.02 Å². The summed E-state index contributed by atoms with van der Waals surface area (Å²) >= 11 is 7.18. The average Bonchev–Trinajstić information content (AvgIpc) is 3.08. The van der Waals surface area contributed by atoms with E-state index in [-0.39, 0.29) is 17.2 Å². The molecule has 0 radical (unpaired) electrons. The minimum absolute atomic E-state index is 0.0579. The van der Waals surface area contributed by atoms with Crippen LogP contribution in [0.5, 0.6) is 0 Å². The number of nitrogens with one attached hydrogen (secondary N) is 1. The zero-order chi connectivity index (χ0) is 16.0. The van der Waals surface area contributed by atoms with Gasteiger partial charge in [-0.25, -0.2) is 9.37 Å². The first-order valence-corrected chi connectivity index (χ1v) is 8.02. The van der Waals surface area contributed by atoms with Crippen LogP contribution in [0.25, 0.3) is 10.2 Å². The van der Waals surface area contributed by atoms with Gasteiger partial charge in [-0.15, -0.1) is 0 Å². The van der Waals surface area contributed by atoms with Gasteiger partial charge in [0.05, 0.1) is 15.2 Å². The lowest BCUT2D eigenvalue weighted by Gasteiger charge is -1.98. The summed E-state index contributed by atoms with van der Waals surface area (Å²) in [7, 11) is 0. The normalized spacial score (nSPS) is 15.4. The molecule has 23 heavy (non-hydrogen) atoms. The second-order valence-electron chi connectivity index (χ2n) is 5.09. The third kappa shape index (κ3) is 2.50. The molecule has 4 nitrogen and oxygen atoms in total. The SMILES string of the molecule is O=C1/C(=N\Nc2nc3ccccc3s2)Cc2cc(F)c(Cl)cc21. The largest absolute Gasteiger partial charge is 0.287 e. The van der Waals surface area contributed by atoms with Gasteiger partial charge in [-0.1, -0.05) is 35.1 Å². The quantitative estimate of drug-likeness (QED) is 0.705. The summed E-state index contributed by atoms with van der Waals surface area (Å²) < 4.78 is 14.5. The topological polar surface area (TPSA) is 54.4 Å². The number of fused-ring (bicyclic) bond motifs is 2. The smallest absolute Gasteiger partial charge is 0.209 e. The first kappa shape index (κ1) is 14.3. The van der Waals surface area contributed by atoms with Crippen molar-refractivity contribution < 1.29 is 9.18 Å². The molecule has 0 bridgehead atoms. The molecule has 0 atom stereocenters. The molecular weight excluding hydrogens is 337 g/mol. The third-order valence-corrected chi connectivity index (χ3v) is 4.82. The molecule has 0 saturated carbocycles. The zero-order valence-corrected chi connectivity index (χ0v) is 13.2. The van der Waals surface area contributed by atoms with Crippen LogP contribution in [0.15, 0.2) is 41.5 Å². The van der Waals surface area contributed by atoms with Gasteiger partial charge in [-0.05, 0) is 29.8 Å². The number of ketones is 1. The summed E-state index contributed by atoms with van der Waals surface area (Å²) in [4.78, 5) is 16.7. The maximum absolute atomic E-state index is 13.5. The molecule has 4 rings (SSSR count). The van der Waals surface area contributed by atoms with Crippen LogP contribution in [-0.2, 0) is 6.42 Å². The van der Waals surface area contributed by atoms with E-state index in [9.17, 15) is 9.18 Å². The number of benzene rings is 2. The lowest BCUT2D eigenvalue weighted by molar-refractivity contribution is 0.106. The number of halogens is 2. The molecule has 0 fully saturated rings.